The Morgan fingerprint density at radius 2 is 1.50 bits per heavy atom. The average molecular weight is 479 g/mol. The third-order valence-electron chi connectivity index (χ3n) is 4.89. The molecule has 0 saturated carbocycles. The SMILES string of the molecule is COc1cc(OC)c(OC)cc1/C=C(/NC(=O)c1ccccc1)C(=O)Nc1cccc(SC)c1. The predicted molar refractivity (Wildman–Crippen MR) is 135 cm³/mol. The zero-order valence-corrected chi connectivity index (χ0v) is 20.2. The maximum Gasteiger partial charge on any atom is 0.272 e. The van der Waals surface area contributed by atoms with E-state index in [2.05, 4.69) is 10.6 Å². The second kappa shape index (κ2) is 11.8. The van der Waals surface area contributed by atoms with E-state index in [0.717, 1.165) is 4.90 Å². The molecule has 3 aromatic rings. The van der Waals surface area contributed by atoms with Gasteiger partial charge in [0.25, 0.3) is 11.8 Å². The molecule has 2 amide bonds. The fourth-order valence-corrected chi connectivity index (χ4v) is 3.62. The van der Waals surface area contributed by atoms with Gasteiger partial charge in [0.05, 0.1) is 21.3 Å². The van der Waals surface area contributed by atoms with Gasteiger partial charge in [-0.25, -0.2) is 0 Å². The maximum atomic E-state index is 13.3. The topological polar surface area (TPSA) is 85.9 Å². The summed E-state index contributed by atoms with van der Waals surface area (Å²) in [5.41, 5.74) is 1.59. The highest BCUT2D eigenvalue weighted by molar-refractivity contribution is 7.98. The molecule has 3 rings (SSSR count). The summed E-state index contributed by atoms with van der Waals surface area (Å²) in [6.07, 6.45) is 3.49. The van der Waals surface area contributed by atoms with Gasteiger partial charge >= 0.3 is 0 Å². The van der Waals surface area contributed by atoms with Gasteiger partial charge in [-0.05, 0) is 48.7 Å². The minimum atomic E-state index is -0.487. The summed E-state index contributed by atoms with van der Waals surface area (Å²) in [5.74, 6) is 0.473. The van der Waals surface area contributed by atoms with Crippen molar-refractivity contribution in [3.05, 3.63) is 83.6 Å². The quantitative estimate of drug-likeness (QED) is 0.338. The summed E-state index contributed by atoms with van der Waals surface area (Å²) in [5, 5.41) is 5.58. The van der Waals surface area contributed by atoms with Crippen LogP contribution in [0.3, 0.4) is 0 Å². The first-order chi connectivity index (χ1) is 16.5. The first kappa shape index (κ1) is 24.7. The van der Waals surface area contributed by atoms with E-state index in [1.54, 1.807) is 54.2 Å². The number of benzene rings is 3. The van der Waals surface area contributed by atoms with Crippen molar-refractivity contribution in [2.75, 3.05) is 32.9 Å². The number of amides is 2. The molecule has 0 aliphatic heterocycles. The van der Waals surface area contributed by atoms with Crippen molar-refractivity contribution in [1.29, 1.82) is 0 Å². The third kappa shape index (κ3) is 6.11. The number of thioether (sulfide) groups is 1. The highest BCUT2D eigenvalue weighted by Crippen LogP contribution is 2.35. The lowest BCUT2D eigenvalue weighted by atomic mass is 10.1. The van der Waals surface area contributed by atoms with Gasteiger partial charge < -0.3 is 24.8 Å². The van der Waals surface area contributed by atoms with Crippen molar-refractivity contribution < 1.29 is 23.8 Å². The van der Waals surface area contributed by atoms with Crippen molar-refractivity contribution in [2.45, 2.75) is 4.90 Å². The second-order valence-electron chi connectivity index (χ2n) is 7.01. The van der Waals surface area contributed by atoms with Gasteiger partial charge in [-0.3, -0.25) is 9.59 Å². The lowest BCUT2D eigenvalue weighted by molar-refractivity contribution is -0.113. The molecule has 0 heterocycles. The number of nitrogens with one attached hydrogen (secondary N) is 2. The summed E-state index contributed by atoms with van der Waals surface area (Å²) in [4.78, 5) is 27.1. The molecule has 0 atom stereocenters. The van der Waals surface area contributed by atoms with Crippen LogP contribution in [-0.2, 0) is 4.79 Å². The Labute approximate surface area is 203 Å². The van der Waals surface area contributed by atoms with Gasteiger partial charge in [0.1, 0.15) is 11.4 Å². The molecule has 3 aromatic carbocycles. The Hall–Kier alpha value is -3.91. The summed E-state index contributed by atoms with van der Waals surface area (Å²) in [6, 6.07) is 19.4. The van der Waals surface area contributed by atoms with Crippen molar-refractivity contribution in [3.8, 4) is 17.2 Å². The van der Waals surface area contributed by atoms with Gasteiger partial charge in [0, 0.05) is 27.8 Å². The molecule has 0 aliphatic rings. The van der Waals surface area contributed by atoms with Crippen molar-refractivity contribution in [2.24, 2.45) is 0 Å². The fourth-order valence-electron chi connectivity index (χ4n) is 3.16. The van der Waals surface area contributed by atoms with E-state index in [4.69, 9.17) is 14.2 Å². The summed E-state index contributed by atoms with van der Waals surface area (Å²) in [6.45, 7) is 0. The third-order valence-corrected chi connectivity index (χ3v) is 5.62. The van der Waals surface area contributed by atoms with Gasteiger partial charge in [0.2, 0.25) is 0 Å². The molecule has 8 heteroatoms. The smallest absolute Gasteiger partial charge is 0.272 e. The van der Waals surface area contributed by atoms with E-state index in [1.165, 1.54) is 27.4 Å². The van der Waals surface area contributed by atoms with Crippen LogP contribution in [0.2, 0.25) is 0 Å². The Bertz CT molecular complexity index is 1200. The van der Waals surface area contributed by atoms with E-state index in [0.29, 0.717) is 34.1 Å². The van der Waals surface area contributed by atoms with Crippen molar-refractivity contribution in [3.63, 3.8) is 0 Å². The number of anilines is 1. The zero-order valence-electron chi connectivity index (χ0n) is 19.4. The van der Waals surface area contributed by atoms with Crippen LogP contribution in [0.1, 0.15) is 15.9 Å². The number of carbonyl (C=O) groups excluding carboxylic acids is 2. The fraction of sp³-hybridized carbons (Fsp3) is 0.154. The molecule has 0 bridgehead atoms. The molecule has 0 fully saturated rings. The summed E-state index contributed by atoms with van der Waals surface area (Å²) in [7, 11) is 4.55. The van der Waals surface area contributed by atoms with Crippen LogP contribution in [0.5, 0.6) is 17.2 Å². The molecule has 0 unspecified atom stereocenters. The normalized spacial score (nSPS) is 10.9. The van der Waals surface area contributed by atoms with Crippen molar-refractivity contribution >= 4 is 35.3 Å². The maximum absolute atomic E-state index is 13.3. The molecule has 34 heavy (non-hydrogen) atoms. The minimum absolute atomic E-state index is 0.0360. The second-order valence-corrected chi connectivity index (χ2v) is 7.89. The largest absolute Gasteiger partial charge is 0.496 e. The molecular weight excluding hydrogens is 452 g/mol. The number of carbonyl (C=O) groups is 2. The Kier molecular flexibility index (Phi) is 8.59. The molecule has 2 N–H and O–H groups in total. The lowest BCUT2D eigenvalue weighted by Crippen LogP contribution is -2.30. The Balaban J connectivity index is 2.02. The molecule has 176 valence electrons. The molecule has 0 aromatic heterocycles. The minimum Gasteiger partial charge on any atom is -0.496 e. The number of hydrogen-bond acceptors (Lipinski definition) is 6. The van der Waals surface area contributed by atoms with E-state index in [-0.39, 0.29) is 5.70 Å². The highest BCUT2D eigenvalue weighted by Gasteiger charge is 2.18. The molecule has 0 saturated heterocycles. The highest BCUT2D eigenvalue weighted by atomic mass is 32.2. The molecule has 0 spiro atoms. The zero-order chi connectivity index (χ0) is 24.5. The van der Waals surface area contributed by atoms with Crippen LogP contribution >= 0.6 is 11.8 Å². The molecule has 0 aliphatic carbocycles. The Morgan fingerprint density at radius 3 is 2.15 bits per heavy atom. The standard InChI is InChI=1S/C26H26N2O5S/c1-31-22-16-24(33-3)23(32-2)14-18(22)13-21(28-25(29)17-9-6-5-7-10-17)26(30)27-19-11-8-12-20(15-19)34-4/h5-16H,1-4H3,(H,27,30)(H,28,29)/b21-13+. The van der Waals surface area contributed by atoms with Gasteiger partial charge in [-0.1, -0.05) is 24.3 Å². The van der Waals surface area contributed by atoms with E-state index < -0.39 is 11.8 Å². The summed E-state index contributed by atoms with van der Waals surface area (Å²) < 4.78 is 16.2. The van der Waals surface area contributed by atoms with Crippen LogP contribution in [0, 0.1) is 0 Å². The first-order valence-corrected chi connectivity index (χ1v) is 11.5. The van der Waals surface area contributed by atoms with E-state index >= 15 is 0 Å². The van der Waals surface area contributed by atoms with Gasteiger partial charge in [-0.15, -0.1) is 11.8 Å². The Morgan fingerprint density at radius 1 is 0.824 bits per heavy atom. The van der Waals surface area contributed by atoms with Crippen molar-refractivity contribution in [1.82, 2.24) is 5.32 Å². The van der Waals surface area contributed by atoms with Gasteiger partial charge in [0.15, 0.2) is 11.5 Å². The number of rotatable bonds is 9. The van der Waals surface area contributed by atoms with E-state index in [1.807, 2.05) is 30.5 Å². The number of methoxy groups -OCH3 is 3. The molecular formula is C26H26N2O5S. The van der Waals surface area contributed by atoms with Crippen LogP contribution in [0.15, 0.2) is 77.3 Å². The van der Waals surface area contributed by atoms with E-state index in [9.17, 15) is 9.59 Å². The van der Waals surface area contributed by atoms with Crippen LogP contribution < -0.4 is 24.8 Å². The van der Waals surface area contributed by atoms with Crippen LogP contribution in [0.4, 0.5) is 5.69 Å². The molecule has 0 radical (unpaired) electrons. The predicted octanol–water partition coefficient (Wildman–Crippen LogP) is 4.84. The average Bonchev–Trinajstić information content (AvgIpc) is 2.88. The number of ether oxygens (including phenoxy) is 3. The number of hydrogen-bond donors (Lipinski definition) is 2. The van der Waals surface area contributed by atoms with Gasteiger partial charge in [-0.2, -0.15) is 0 Å². The molecule has 7 nitrogen and oxygen atoms in total. The van der Waals surface area contributed by atoms with Crippen LogP contribution in [0.25, 0.3) is 6.08 Å². The lowest BCUT2D eigenvalue weighted by Gasteiger charge is -2.15. The first-order valence-electron chi connectivity index (χ1n) is 10.3. The summed E-state index contributed by atoms with van der Waals surface area (Å²) >= 11 is 1.56. The van der Waals surface area contributed by atoms with Crippen LogP contribution in [-0.4, -0.2) is 39.4 Å². The monoisotopic (exact) mass is 478 g/mol.